The summed E-state index contributed by atoms with van der Waals surface area (Å²) >= 11 is 1.93. The van der Waals surface area contributed by atoms with Crippen LogP contribution < -0.4 is 10.1 Å². The molecule has 1 aromatic carbocycles. The SMILES string of the molecule is CCCNC(Cc1ccc(CC)s1)c1ccc(OC)cc1. The number of nitrogens with one attached hydrogen (secondary N) is 1. The van der Waals surface area contributed by atoms with Gasteiger partial charge in [0.15, 0.2) is 0 Å². The van der Waals surface area contributed by atoms with Crippen LogP contribution in [0.25, 0.3) is 0 Å². The van der Waals surface area contributed by atoms with Gasteiger partial charge in [-0.1, -0.05) is 26.0 Å². The van der Waals surface area contributed by atoms with Crippen molar-refractivity contribution in [2.75, 3.05) is 13.7 Å². The Morgan fingerprint density at radius 1 is 1.05 bits per heavy atom. The first-order valence-electron chi connectivity index (χ1n) is 7.71. The topological polar surface area (TPSA) is 21.3 Å². The Labute approximate surface area is 132 Å². The van der Waals surface area contributed by atoms with Crippen LogP contribution in [0.4, 0.5) is 0 Å². The molecule has 2 aromatic rings. The van der Waals surface area contributed by atoms with E-state index in [4.69, 9.17) is 4.74 Å². The number of ether oxygens (including phenoxy) is 1. The molecule has 0 saturated heterocycles. The summed E-state index contributed by atoms with van der Waals surface area (Å²) in [6.45, 7) is 5.47. The highest BCUT2D eigenvalue weighted by atomic mass is 32.1. The van der Waals surface area contributed by atoms with Gasteiger partial charge in [-0.3, -0.25) is 0 Å². The highest BCUT2D eigenvalue weighted by Crippen LogP contribution is 2.25. The lowest BCUT2D eigenvalue weighted by Gasteiger charge is -2.18. The molecular formula is C18H25NOS. The van der Waals surface area contributed by atoms with Gasteiger partial charge in [0.05, 0.1) is 7.11 Å². The molecular weight excluding hydrogens is 278 g/mol. The summed E-state index contributed by atoms with van der Waals surface area (Å²) in [5.74, 6) is 0.914. The number of hydrogen-bond donors (Lipinski definition) is 1. The molecule has 0 spiro atoms. The average Bonchev–Trinajstić information content (AvgIpc) is 2.99. The van der Waals surface area contributed by atoms with E-state index >= 15 is 0 Å². The zero-order chi connectivity index (χ0) is 15.1. The van der Waals surface area contributed by atoms with E-state index in [0.29, 0.717) is 6.04 Å². The number of aryl methyl sites for hydroxylation is 1. The zero-order valence-corrected chi connectivity index (χ0v) is 14.0. The Balaban J connectivity index is 2.12. The molecule has 1 atom stereocenters. The number of benzene rings is 1. The van der Waals surface area contributed by atoms with Crippen molar-refractivity contribution in [1.82, 2.24) is 5.32 Å². The normalized spacial score (nSPS) is 12.3. The Kier molecular flexibility index (Phi) is 6.27. The van der Waals surface area contributed by atoms with Crippen molar-refractivity contribution in [3.05, 3.63) is 51.7 Å². The maximum Gasteiger partial charge on any atom is 0.118 e. The minimum Gasteiger partial charge on any atom is -0.497 e. The van der Waals surface area contributed by atoms with Gasteiger partial charge >= 0.3 is 0 Å². The van der Waals surface area contributed by atoms with Gasteiger partial charge in [-0.15, -0.1) is 11.3 Å². The maximum atomic E-state index is 5.25. The fourth-order valence-electron chi connectivity index (χ4n) is 2.39. The summed E-state index contributed by atoms with van der Waals surface area (Å²) in [5, 5.41) is 3.66. The van der Waals surface area contributed by atoms with Gasteiger partial charge in [-0.25, -0.2) is 0 Å². The minimum absolute atomic E-state index is 0.374. The fourth-order valence-corrected chi connectivity index (χ4v) is 3.39. The first kappa shape index (κ1) is 16.1. The molecule has 0 amide bonds. The molecule has 2 nitrogen and oxygen atoms in total. The van der Waals surface area contributed by atoms with Gasteiger partial charge < -0.3 is 10.1 Å². The Hall–Kier alpha value is -1.32. The molecule has 3 heteroatoms. The van der Waals surface area contributed by atoms with Crippen molar-refractivity contribution >= 4 is 11.3 Å². The predicted molar refractivity (Wildman–Crippen MR) is 91.4 cm³/mol. The number of rotatable bonds is 8. The van der Waals surface area contributed by atoms with Crippen molar-refractivity contribution in [1.29, 1.82) is 0 Å². The van der Waals surface area contributed by atoms with Crippen molar-refractivity contribution in [3.8, 4) is 5.75 Å². The third-order valence-electron chi connectivity index (χ3n) is 3.63. The molecule has 1 N–H and O–H groups in total. The summed E-state index contributed by atoms with van der Waals surface area (Å²) in [6.07, 6.45) is 3.33. The van der Waals surface area contributed by atoms with Crippen LogP contribution in [0.5, 0.6) is 5.75 Å². The predicted octanol–water partition coefficient (Wildman–Crippen LogP) is 4.60. The summed E-state index contributed by atoms with van der Waals surface area (Å²) in [5.41, 5.74) is 1.33. The summed E-state index contributed by atoms with van der Waals surface area (Å²) in [7, 11) is 1.71. The number of thiophene rings is 1. The maximum absolute atomic E-state index is 5.25. The van der Waals surface area contributed by atoms with E-state index < -0.39 is 0 Å². The third kappa shape index (κ3) is 4.58. The van der Waals surface area contributed by atoms with Crippen LogP contribution >= 0.6 is 11.3 Å². The standard InChI is InChI=1S/C18H25NOS/c1-4-12-19-18(13-17-11-10-16(5-2)21-17)14-6-8-15(20-3)9-7-14/h6-11,18-19H,4-5,12-13H2,1-3H3. The van der Waals surface area contributed by atoms with Gasteiger partial charge in [0.1, 0.15) is 5.75 Å². The Morgan fingerprint density at radius 3 is 2.33 bits per heavy atom. The molecule has 114 valence electrons. The number of methoxy groups -OCH3 is 1. The van der Waals surface area contributed by atoms with Crippen LogP contribution in [0.15, 0.2) is 36.4 Å². The molecule has 2 rings (SSSR count). The van der Waals surface area contributed by atoms with Crippen molar-refractivity contribution in [2.24, 2.45) is 0 Å². The van der Waals surface area contributed by atoms with E-state index in [1.807, 2.05) is 23.5 Å². The quantitative estimate of drug-likeness (QED) is 0.769. The average molecular weight is 303 g/mol. The van der Waals surface area contributed by atoms with E-state index in [2.05, 4.69) is 43.4 Å². The molecule has 21 heavy (non-hydrogen) atoms. The van der Waals surface area contributed by atoms with Gasteiger partial charge in [0, 0.05) is 22.2 Å². The van der Waals surface area contributed by atoms with Crippen LogP contribution in [0, 0.1) is 0 Å². The summed E-state index contributed by atoms with van der Waals surface area (Å²) < 4.78 is 5.25. The largest absolute Gasteiger partial charge is 0.497 e. The molecule has 0 saturated carbocycles. The lowest BCUT2D eigenvalue weighted by molar-refractivity contribution is 0.414. The number of hydrogen-bond acceptors (Lipinski definition) is 3. The highest BCUT2D eigenvalue weighted by molar-refractivity contribution is 7.11. The van der Waals surface area contributed by atoms with E-state index in [9.17, 15) is 0 Å². The molecule has 1 heterocycles. The minimum atomic E-state index is 0.374. The monoisotopic (exact) mass is 303 g/mol. The first-order chi connectivity index (χ1) is 10.3. The smallest absolute Gasteiger partial charge is 0.118 e. The van der Waals surface area contributed by atoms with E-state index in [1.165, 1.54) is 15.3 Å². The lowest BCUT2D eigenvalue weighted by atomic mass is 10.0. The molecule has 0 radical (unpaired) electrons. The van der Waals surface area contributed by atoms with Crippen molar-refractivity contribution < 1.29 is 4.74 Å². The third-order valence-corrected chi connectivity index (χ3v) is 4.88. The van der Waals surface area contributed by atoms with Gasteiger partial charge in [-0.2, -0.15) is 0 Å². The highest BCUT2D eigenvalue weighted by Gasteiger charge is 2.13. The van der Waals surface area contributed by atoms with Crippen LogP contribution in [0.2, 0.25) is 0 Å². The summed E-state index contributed by atoms with van der Waals surface area (Å²) in [6, 6.07) is 13.3. The Bertz CT molecular complexity index is 532. The second-order valence-electron chi connectivity index (χ2n) is 5.21. The fraction of sp³-hybridized carbons (Fsp3) is 0.444. The van der Waals surface area contributed by atoms with E-state index in [0.717, 1.165) is 31.6 Å². The van der Waals surface area contributed by atoms with Crippen LogP contribution in [0.3, 0.4) is 0 Å². The van der Waals surface area contributed by atoms with Gasteiger partial charge in [0.25, 0.3) is 0 Å². The lowest BCUT2D eigenvalue weighted by Crippen LogP contribution is -2.23. The second-order valence-corrected chi connectivity index (χ2v) is 6.46. The molecule has 1 aromatic heterocycles. The zero-order valence-electron chi connectivity index (χ0n) is 13.2. The van der Waals surface area contributed by atoms with Gasteiger partial charge in [-0.05, 0) is 49.2 Å². The van der Waals surface area contributed by atoms with Crippen molar-refractivity contribution in [2.45, 2.75) is 39.2 Å². The first-order valence-corrected chi connectivity index (χ1v) is 8.53. The van der Waals surface area contributed by atoms with E-state index in [1.54, 1.807) is 7.11 Å². The molecule has 0 aliphatic carbocycles. The second kappa shape index (κ2) is 8.20. The van der Waals surface area contributed by atoms with Crippen LogP contribution in [-0.2, 0) is 12.8 Å². The molecule has 1 unspecified atom stereocenters. The van der Waals surface area contributed by atoms with Crippen LogP contribution in [0.1, 0.15) is 41.6 Å². The summed E-state index contributed by atoms with van der Waals surface area (Å²) in [4.78, 5) is 2.92. The van der Waals surface area contributed by atoms with Gasteiger partial charge in [0.2, 0.25) is 0 Å². The van der Waals surface area contributed by atoms with Crippen molar-refractivity contribution in [3.63, 3.8) is 0 Å². The Morgan fingerprint density at radius 2 is 1.76 bits per heavy atom. The molecule has 0 aliphatic heterocycles. The van der Waals surface area contributed by atoms with Crippen LogP contribution in [-0.4, -0.2) is 13.7 Å². The molecule has 0 fully saturated rings. The molecule has 0 bridgehead atoms. The van der Waals surface area contributed by atoms with E-state index in [-0.39, 0.29) is 0 Å². The molecule has 0 aliphatic rings.